The van der Waals surface area contributed by atoms with Gasteiger partial charge in [-0.2, -0.15) is 0 Å². The molecule has 0 spiro atoms. The number of carbonyl (C=O) groups is 3. The Hall–Kier alpha value is -1.64. The molecular weight excluding hydrogens is 365 g/mol. The number of aliphatic carboxylic acids is 1. The Morgan fingerprint density at radius 2 is 2.00 bits per heavy atom. The predicted octanol–water partition coefficient (Wildman–Crippen LogP) is 1.04. The SMILES string of the molecule is COC(=O)C[C@H](NC(=O)c1ccccc1I)C(=O)O. The van der Waals surface area contributed by atoms with E-state index in [1.54, 1.807) is 24.3 Å². The number of hydrogen-bond donors (Lipinski definition) is 2. The second-order valence-corrected chi connectivity index (χ2v) is 4.79. The van der Waals surface area contributed by atoms with Crippen LogP contribution >= 0.6 is 22.6 Å². The van der Waals surface area contributed by atoms with Gasteiger partial charge in [0.2, 0.25) is 0 Å². The van der Waals surface area contributed by atoms with E-state index in [9.17, 15) is 14.4 Å². The molecular formula is C12H12INO5. The van der Waals surface area contributed by atoms with Crippen LogP contribution in [0.3, 0.4) is 0 Å². The summed E-state index contributed by atoms with van der Waals surface area (Å²) < 4.78 is 5.08. The largest absolute Gasteiger partial charge is 0.480 e. The summed E-state index contributed by atoms with van der Waals surface area (Å²) in [5.74, 6) is -2.53. The van der Waals surface area contributed by atoms with Crippen LogP contribution in [0.4, 0.5) is 0 Å². The number of carbonyl (C=O) groups excluding carboxylic acids is 2. The standard InChI is InChI=1S/C12H12INO5/c1-19-10(15)6-9(12(17)18)14-11(16)7-4-2-3-5-8(7)13/h2-5,9H,6H2,1H3,(H,14,16)(H,17,18)/t9-/m0/s1. The van der Waals surface area contributed by atoms with Crippen LogP contribution in [0.1, 0.15) is 16.8 Å². The molecule has 0 bridgehead atoms. The van der Waals surface area contributed by atoms with Crippen LogP contribution in [0, 0.1) is 3.57 Å². The second-order valence-electron chi connectivity index (χ2n) is 3.62. The molecule has 0 unspecified atom stereocenters. The van der Waals surface area contributed by atoms with Crippen molar-refractivity contribution in [1.82, 2.24) is 5.32 Å². The minimum Gasteiger partial charge on any atom is -0.480 e. The molecule has 0 aliphatic rings. The van der Waals surface area contributed by atoms with Crippen molar-refractivity contribution in [3.05, 3.63) is 33.4 Å². The van der Waals surface area contributed by atoms with E-state index in [2.05, 4.69) is 10.1 Å². The monoisotopic (exact) mass is 377 g/mol. The van der Waals surface area contributed by atoms with Crippen molar-refractivity contribution in [3.8, 4) is 0 Å². The number of benzene rings is 1. The van der Waals surface area contributed by atoms with Crippen molar-refractivity contribution in [2.24, 2.45) is 0 Å². The molecule has 1 rings (SSSR count). The summed E-state index contributed by atoms with van der Waals surface area (Å²) in [5.41, 5.74) is 0.360. The topological polar surface area (TPSA) is 92.7 Å². The van der Waals surface area contributed by atoms with Crippen LogP contribution in [0.5, 0.6) is 0 Å². The fraction of sp³-hybridized carbons (Fsp3) is 0.250. The Morgan fingerprint density at radius 1 is 1.37 bits per heavy atom. The van der Waals surface area contributed by atoms with E-state index in [4.69, 9.17) is 5.11 Å². The van der Waals surface area contributed by atoms with E-state index < -0.39 is 30.3 Å². The molecule has 6 nitrogen and oxygen atoms in total. The third-order valence-electron chi connectivity index (χ3n) is 2.32. The maximum atomic E-state index is 11.9. The van der Waals surface area contributed by atoms with Crippen LogP contribution in [0.15, 0.2) is 24.3 Å². The second kappa shape index (κ2) is 7.07. The lowest BCUT2D eigenvalue weighted by atomic mass is 10.1. The van der Waals surface area contributed by atoms with Gasteiger partial charge in [0.25, 0.3) is 5.91 Å². The van der Waals surface area contributed by atoms with Gasteiger partial charge in [0.1, 0.15) is 6.04 Å². The summed E-state index contributed by atoms with van der Waals surface area (Å²) in [4.78, 5) is 34.0. The molecule has 0 saturated carbocycles. The van der Waals surface area contributed by atoms with Crippen LogP contribution in [-0.2, 0) is 14.3 Å². The van der Waals surface area contributed by atoms with Gasteiger partial charge in [0.15, 0.2) is 0 Å². The van der Waals surface area contributed by atoms with Gasteiger partial charge in [0.05, 0.1) is 19.1 Å². The first-order valence-corrected chi connectivity index (χ1v) is 6.38. The van der Waals surface area contributed by atoms with Gasteiger partial charge in [-0.1, -0.05) is 12.1 Å². The first-order chi connectivity index (χ1) is 8.95. The quantitative estimate of drug-likeness (QED) is 0.591. The number of esters is 1. The first kappa shape index (κ1) is 15.4. The van der Waals surface area contributed by atoms with Gasteiger partial charge in [-0.15, -0.1) is 0 Å². The van der Waals surface area contributed by atoms with Gasteiger partial charge >= 0.3 is 11.9 Å². The van der Waals surface area contributed by atoms with Crippen molar-refractivity contribution in [2.75, 3.05) is 7.11 Å². The molecule has 0 radical (unpaired) electrons. The van der Waals surface area contributed by atoms with Crippen molar-refractivity contribution in [2.45, 2.75) is 12.5 Å². The van der Waals surface area contributed by atoms with Gasteiger partial charge in [-0.3, -0.25) is 9.59 Å². The summed E-state index contributed by atoms with van der Waals surface area (Å²) in [6, 6.07) is 5.44. The van der Waals surface area contributed by atoms with Gasteiger partial charge in [-0.25, -0.2) is 4.79 Å². The number of nitrogens with one attached hydrogen (secondary N) is 1. The molecule has 7 heteroatoms. The van der Waals surface area contributed by atoms with Gasteiger partial charge in [-0.05, 0) is 34.7 Å². The fourth-order valence-corrected chi connectivity index (χ4v) is 1.96. The van der Waals surface area contributed by atoms with Crippen LogP contribution < -0.4 is 5.32 Å². The highest BCUT2D eigenvalue weighted by molar-refractivity contribution is 14.1. The van der Waals surface area contributed by atoms with E-state index >= 15 is 0 Å². The number of hydrogen-bond acceptors (Lipinski definition) is 4. The van der Waals surface area contributed by atoms with Crippen LogP contribution in [0.2, 0.25) is 0 Å². The molecule has 102 valence electrons. The first-order valence-electron chi connectivity index (χ1n) is 5.30. The molecule has 0 saturated heterocycles. The molecule has 1 aromatic rings. The number of carboxylic acid groups (broad SMARTS) is 1. The third-order valence-corrected chi connectivity index (χ3v) is 3.26. The van der Waals surface area contributed by atoms with E-state index in [1.165, 1.54) is 0 Å². The highest BCUT2D eigenvalue weighted by atomic mass is 127. The zero-order chi connectivity index (χ0) is 14.4. The fourth-order valence-electron chi connectivity index (χ4n) is 1.33. The Balaban J connectivity index is 2.80. The highest BCUT2D eigenvalue weighted by Crippen LogP contribution is 2.11. The molecule has 0 aromatic heterocycles. The maximum absolute atomic E-state index is 11.9. The van der Waals surface area contributed by atoms with Crippen LogP contribution in [-0.4, -0.2) is 36.1 Å². The molecule has 1 aromatic carbocycles. The lowest BCUT2D eigenvalue weighted by Gasteiger charge is -2.13. The summed E-state index contributed by atoms with van der Waals surface area (Å²) in [6.07, 6.45) is -0.416. The molecule has 0 heterocycles. The molecule has 2 N–H and O–H groups in total. The zero-order valence-electron chi connectivity index (χ0n) is 10.1. The number of ether oxygens (including phenoxy) is 1. The lowest BCUT2D eigenvalue weighted by molar-refractivity contribution is -0.147. The minimum atomic E-state index is -1.31. The average Bonchev–Trinajstić information content (AvgIpc) is 2.37. The highest BCUT2D eigenvalue weighted by Gasteiger charge is 2.24. The zero-order valence-corrected chi connectivity index (χ0v) is 12.2. The normalized spacial score (nSPS) is 11.5. The third kappa shape index (κ3) is 4.51. The maximum Gasteiger partial charge on any atom is 0.326 e. The van der Waals surface area contributed by atoms with Gasteiger partial charge < -0.3 is 15.2 Å². The van der Waals surface area contributed by atoms with Crippen molar-refractivity contribution in [1.29, 1.82) is 0 Å². The predicted molar refractivity (Wildman–Crippen MR) is 74.7 cm³/mol. The van der Waals surface area contributed by atoms with E-state index in [1.807, 2.05) is 22.6 Å². The smallest absolute Gasteiger partial charge is 0.326 e. The van der Waals surface area contributed by atoms with Gasteiger partial charge in [0, 0.05) is 3.57 Å². The lowest BCUT2D eigenvalue weighted by Crippen LogP contribution is -2.42. The average molecular weight is 377 g/mol. The Kier molecular flexibility index (Phi) is 5.74. The van der Waals surface area contributed by atoms with E-state index in [0.29, 0.717) is 9.13 Å². The minimum absolute atomic E-state index is 0.360. The molecule has 0 aliphatic heterocycles. The number of methoxy groups -OCH3 is 1. The summed E-state index contributed by atoms with van der Waals surface area (Å²) >= 11 is 1.97. The van der Waals surface area contributed by atoms with Crippen molar-refractivity contribution in [3.63, 3.8) is 0 Å². The number of carboxylic acids is 1. The molecule has 1 amide bonds. The van der Waals surface area contributed by atoms with E-state index in [-0.39, 0.29) is 0 Å². The molecule has 0 fully saturated rings. The van der Waals surface area contributed by atoms with Crippen molar-refractivity contribution >= 4 is 40.4 Å². The molecule has 0 aliphatic carbocycles. The van der Waals surface area contributed by atoms with Crippen molar-refractivity contribution < 1.29 is 24.2 Å². The summed E-state index contributed by atoms with van der Waals surface area (Å²) in [5, 5.41) is 11.3. The Bertz CT molecular complexity index is 503. The Labute approximate surface area is 123 Å². The summed E-state index contributed by atoms with van der Waals surface area (Å²) in [6.45, 7) is 0. The number of rotatable bonds is 5. The van der Waals surface area contributed by atoms with Crippen LogP contribution in [0.25, 0.3) is 0 Å². The Morgan fingerprint density at radius 3 is 2.53 bits per heavy atom. The number of amides is 1. The summed E-state index contributed by atoms with van der Waals surface area (Å²) in [7, 11) is 1.16. The number of halogens is 1. The molecule has 1 atom stereocenters. The molecule has 19 heavy (non-hydrogen) atoms. The van der Waals surface area contributed by atoms with E-state index in [0.717, 1.165) is 7.11 Å².